The van der Waals surface area contributed by atoms with Crippen molar-refractivity contribution in [2.24, 2.45) is 0 Å². The van der Waals surface area contributed by atoms with E-state index in [-0.39, 0.29) is 5.41 Å². The van der Waals surface area contributed by atoms with Crippen LogP contribution in [0.4, 0.5) is 0 Å². The van der Waals surface area contributed by atoms with Gasteiger partial charge in [0.05, 0.1) is 5.69 Å². The maximum atomic E-state index is 6.30. The fraction of sp³-hybridized carbons (Fsp3) is 0.130. The van der Waals surface area contributed by atoms with Crippen molar-refractivity contribution in [3.8, 4) is 11.3 Å². The van der Waals surface area contributed by atoms with Gasteiger partial charge in [0.15, 0.2) is 5.58 Å². The molecular weight excluding hydrogens is 320 g/mol. The monoisotopic (exact) mass is 336 g/mol. The second kappa shape index (κ2) is 4.50. The average Bonchev–Trinajstić information content (AvgIpc) is 3.16. The number of rotatable bonds is 0. The van der Waals surface area contributed by atoms with E-state index >= 15 is 0 Å². The number of aromatic nitrogens is 2. The summed E-state index contributed by atoms with van der Waals surface area (Å²) in [5.74, 6) is 0. The van der Waals surface area contributed by atoms with Crippen LogP contribution >= 0.6 is 0 Å². The lowest BCUT2D eigenvalue weighted by molar-refractivity contribution is 0.657. The van der Waals surface area contributed by atoms with Crippen LogP contribution in [-0.4, -0.2) is 9.97 Å². The highest BCUT2D eigenvalue weighted by Gasteiger charge is 2.38. The quantitative estimate of drug-likeness (QED) is 0.357. The number of benzene rings is 2. The van der Waals surface area contributed by atoms with Crippen molar-refractivity contribution in [2.75, 3.05) is 0 Å². The van der Waals surface area contributed by atoms with E-state index in [1.807, 2.05) is 24.5 Å². The lowest BCUT2D eigenvalue weighted by Crippen LogP contribution is -2.15. The minimum atomic E-state index is -0.117. The number of fused-ring (bicyclic) bond motifs is 9. The molecule has 0 amide bonds. The molecule has 1 aliphatic carbocycles. The van der Waals surface area contributed by atoms with Gasteiger partial charge >= 0.3 is 0 Å². The first-order chi connectivity index (χ1) is 12.7. The van der Waals surface area contributed by atoms with E-state index in [1.54, 1.807) is 0 Å². The Labute approximate surface area is 150 Å². The van der Waals surface area contributed by atoms with Gasteiger partial charge in [-0.2, -0.15) is 0 Å². The second-order valence-corrected chi connectivity index (χ2v) is 7.51. The van der Waals surface area contributed by atoms with E-state index in [9.17, 15) is 0 Å². The standard InChI is InChI=1S/C23H16N2O/c1-23(2)16-6-4-12-25-21(16)15-9-10-17-18(19(15)23)14-8-7-13-5-3-11-24-20(13)22(14)26-17/h3-12H,1-2H3. The molecule has 0 aliphatic heterocycles. The average molecular weight is 336 g/mol. The van der Waals surface area contributed by atoms with Crippen LogP contribution in [0.5, 0.6) is 0 Å². The molecule has 3 aromatic heterocycles. The summed E-state index contributed by atoms with van der Waals surface area (Å²) in [7, 11) is 0. The summed E-state index contributed by atoms with van der Waals surface area (Å²) < 4.78 is 6.30. The van der Waals surface area contributed by atoms with Crippen molar-refractivity contribution in [3.63, 3.8) is 0 Å². The highest BCUT2D eigenvalue weighted by Crippen LogP contribution is 2.52. The molecule has 0 saturated heterocycles. The highest BCUT2D eigenvalue weighted by atomic mass is 16.3. The van der Waals surface area contributed by atoms with Crippen LogP contribution in [0.3, 0.4) is 0 Å². The normalized spacial score (nSPS) is 14.8. The van der Waals surface area contributed by atoms with E-state index in [2.05, 4.69) is 60.2 Å². The Morgan fingerprint density at radius 1 is 0.885 bits per heavy atom. The van der Waals surface area contributed by atoms with Gasteiger partial charge in [0, 0.05) is 39.5 Å². The topological polar surface area (TPSA) is 38.9 Å². The molecule has 0 bridgehead atoms. The molecule has 0 atom stereocenters. The maximum absolute atomic E-state index is 6.30. The predicted octanol–water partition coefficient (Wildman–Crippen LogP) is 5.84. The Bertz CT molecular complexity index is 1360. The third-order valence-electron chi connectivity index (χ3n) is 5.74. The second-order valence-electron chi connectivity index (χ2n) is 7.51. The molecule has 6 rings (SSSR count). The van der Waals surface area contributed by atoms with Gasteiger partial charge in [-0.15, -0.1) is 0 Å². The van der Waals surface area contributed by atoms with Crippen LogP contribution in [0.2, 0.25) is 0 Å². The lowest BCUT2D eigenvalue weighted by atomic mass is 9.80. The predicted molar refractivity (Wildman–Crippen MR) is 104 cm³/mol. The molecule has 0 radical (unpaired) electrons. The maximum Gasteiger partial charge on any atom is 0.161 e. The molecule has 1 aliphatic rings. The smallest absolute Gasteiger partial charge is 0.161 e. The van der Waals surface area contributed by atoms with Gasteiger partial charge < -0.3 is 4.42 Å². The van der Waals surface area contributed by atoms with Crippen molar-refractivity contribution in [1.29, 1.82) is 0 Å². The van der Waals surface area contributed by atoms with Crippen LogP contribution in [0.1, 0.15) is 25.0 Å². The van der Waals surface area contributed by atoms with E-state index < -0.39 is 0 Å². The van der Waals surface area contributed by atoms with Gasteiger partial charge in [-0.25, -0.2) is 0 Å². The van der Waals surface area contributed by atoms with E-state index in [4.69, 9.17) is 4.42 Å². The van der Waals surface area contributed by atoms with Gasteiger partial charge in [0.25, 0.3) is 0 Å². The molecule has 124 valence electrons. The van der Waals surface area contributed by atoms with Crippen molar-refractivity contribution in [1.82, 2.24) is 9.97 Å². The molecule has 0 fully saturated rings. The third kappa shape index (κ3) is 1.54. The number of hydrogen-bond donors (Lipinski definition) is 0. The number of nitrogens with zero attached hydrogens (tertiary/aromatic N) is 2. The zero-order chi connectivity index (χ0) is 17.5. The largest absolute Gasteiger partial charge is 0.454 e. The van der Waals surface area contributed by atoms with Crippen molar-refractivity contribution in [3.05, 3.63) is 72.1 Å². The summed E-state index contributed by atoms with van der Waals surface area (Å²) in [6.07, 6.45) is 3.70. The molecule has 5 aromatic rings. The van der Waals surface area contributed by atoms with Gasteiger partial charge in [-0.05, 0) is 41.5 Å². The molecule has 2 aromatic carbocycles. The summed E-state index contributed by atoms with van der Waals surface area (Å²) >= 11 is 0. The summed E-state index contributed by atoms with van der Waals surface area (Å²) in [5.41, 5.74) is 7.46. The third-order valence-corrected chi connectivity index (χ3v) is 5.74. The molecular formula is C23H16N2O. The van der Waals surface area contributed by atoms with Gasteiger partial charge in [0.1, 0.15) is 11.1 Å². The van der Waals surface area contributed by atoms with E-state index in [1.165, 1.54) is 22.1 Å². The molecule has 3 nitrogen and oxygen atoms in total. The molecule has 0 unspecified atom stereocenters. The summed E-state index contributed by atoms with van der Waals surface area (Å²) in [4.78, 5) is 9.24. The lowest BCUT2D eigenvalue weighted by Gasteiger charge is -2.21. The number of pyridine rings is 2. The van der Waals surface area contributed by atoms with Gasteiger partial charge in [-0.1, -0.05) is 32.0 Å². The first-order valence-electron chi connectivity index (χ1n) is 8.85. The van der Waals surface area contributed by atoms with Crippen LogP contribution in [0.25, 0.3) is 44.1 Å². The van der Waals surface area contributed by atoms with Crippen LogP contribution in [0.15, 0.2) is 65.3 Å². The van der Waals surface area contributed by atoms with Crippen LogP contribution in [0, 0.1) is 0 Å². The Kier molecular flexibility index (Phi) is 2.42. The first-order valence-corrected chi connectivity index (χ1v) is 8.85. The fourth-order valence-electron chi connectivity index (χ4n) is 4.57. The molecule has 0 saturated carbocycles. The zero-order valence-electron chi connectivity index (χ0n) is 14.6. The number of hydrogen-bond acceptors (Lipinski definition) is 3. The van der Waals surface area contributed by atoms with Gasteiger partial charge in [-0.3, -0.25) is 9.97 Å². The molecule has 26 heavy (non-hydrogen) atoms. The summed E-state index contributed by atoms with van der Waals surface area (Å²) in [5, 5.41) is 3.41. The number of furan rings is 1. The Balaban J connectivity index is 1.84. The Hall–Kier alpha value is -3.20. The molecule has 0 spiro atoms. The Morgan fingerprint density at radius 3 is 2.65 bits per heavy atom. The molecule has 3 heteroatoms. The van der Waals surface area contributed by atoms with E-state index in [0.717, 1.165) is 33.1 Å². The first kappa shape index (κ1) is 14.0. The molecule has 0 N–H and O–H groups in total. The highest BCUT2D eigenvalue weighted by molar-refractivity contribution is 6.16. The fourth-order valence-corrected chi connectivity index (χ4v) is 4.57. The van der Waals surface area contributed by atoms with Gasteiger partial charge in [0.2, 0.25) is 0 Å². The van der Waals surface area contributed by atoms with Crippen LogP contribution in [-0.2, 0) is 5.41 Å². The summed E-state index contributed by atoms with van der Waals surface area (Å²) in [6, 6.07) is 16.8. The van der Waals surface area contributed by atoms with Crippen LogP contribution < -0.4 is 0 Å². The van der Waals surface area contributed by atoms with Crippen molar-refractivity contribution in [2.45, 2.75) is 19.3 Å². The van der Waals surface area contributed by atoms with Crippen molar-refractivity contribution < 1.29 is 4.42 Å². The Morgan fingerprint density at radius 2 is 1.73 bits per heavy atom. The SMILES string of the molecule is CC1(C)c2cccnc2-c2ccc3oc4c(ccc5cccnc54)c3c21. The molecule has 3 heterocycles. The minimum absolute atomic E-state index is 0.117. The zero-order valence-corrected chi connectivity index (χ0v) is 14.6. The van der Waals surface area contributed by atoms with E-state index in [0.29, 0.717) is 0 Å². The van der Waals surface area contributed by atoms with Crippen molar-refractivity contribution >= 4 is 32.8 Å². The minimum Gasteiger partial charge on any atom is -0.454 e. The summed E-state index contributed by atoms with van der Waals surface area (Å²) in [6.45, 7) is 4.55.